The molecule has 1 saturated heterocycles. The van der Waals surface area contributed by atoms with Crippen molar-refractivity contribution in [1.29, 1.82) is 0 Å². The molecule has 118 valence electrons. The zero-order chi connectivity index (χ0) is 16.4. The van der Waals surface area contributed by atoms with E-state index >= 15 is 0 Å². The Morgan fingerprint density at radius 1 is 0.957 bits per heavy atom. The Bertz CT molecular complexity index is 726. The second-order valence-corrected chi connectivity index (χ2v) is 5.29. The van der Waals surface area contributed by atoms with Crippen molar-refractivity contribution in [3.63, 3.8) is 0 Å². The maximum atomic E-state index is 12.5. The lowest BCUT2D eigenvalue weighted by Gasteiger charge is -2.36. The molecule has 2 aromatic carbocycles. The number of amides is 1. The summed E-state index contributed by atoms with van der Waals surface area (Å²) in [4.78, 5) is 26.0. The van der Waals surface area contributed by atoms with Gasteiger partial charge in [-0.2, -0.15) is 0 Å². The normalized spacial score (nSPS) is 20.9. The lowest BCUT2D eigenvalue weighted by molar-refractivity contribution is -0.133. The van der Waals surface area contributed by atoms with Gasteiger partial charge in [0.2, 0.25) is 5.78 Å². The summed E-state index contributed by atoms with van der Waals surface area (Å²) >= 11 is 0. The molecule has 1 amide bonds. The van der Waals surface area contributed by atoms with E-state index in [1.54, 1.807) is 31.4 Å². The third-order valence-electron chi connectivity index (χ3n) is 4.10. The Labute approximate surface area is 134 Å². The second kappa shape index (κ2) is 5.85. The molecule has 3 rings (SSSR count). The molecule has 0 saturated carbocycles. The van der Waals surface area contributed by atoms with Gasteiger partial charge >= 0.3 is 0 Å². The molecular weight excluding hydrogens is 294 g/mol. The molecule has 1 heterocycles. The summed E-state index contributed by atoms with van der Waals surface area (Å²) in [5.41, 5.74) is 0.231. The van der Waals surface area contributed by atoms with Crippen LogP contribution in [0.5, 0.6) is 5.75 Å². The van der Waals surface area contributed by atoms with Gasteiger partial charge in [-0.25, -0.2) is 0 Å². The van der Waals surface area contributed by atoms with E-state index in [9.17, 15) is 9.59 Å². The van der Waals surface area contributed by atoms with Gasteiger partial charge in [-0.3, -0.25) is 14.5 Å². The first-order valence-corrected chi connectivity index (χ1v) is 7.24. The summed E-state index contributed by atoms with van der Waals surface area (Å²) in [6.45, 7) is 0. The molecule has 0 aromatic heterocycles. The summed E-state index contributed by atoms with van der Waals surface area (Å²) in [6.07, 6.45) is -0.0155. The molecule has 0 radical (unpaired) electrons. The molecule has 1 aliphatic rings. The number of carbonyl (C=O) groups excluding carboxylic acids is 2. The third-order valence-corrected chi connectivity index (χ3v) is 4.10. The minimum absolute atomic E-state index is 0.0155. The van der Waals surface area contributed by atoms with Crippen LogP contribution in [0.4, 0.5) is 5.69 Å². The Hall–Kier alpha value is -2.66. The number of benzene rings is 2. The van der Waals surface area contributed by atoms with Gasteiger partial charge in [0.1, 0.15) is 5.75 Å². The zero-order valence-electron chi connectivity index (χ0n) is 13.0. The lowest BCUT2D eigenvalue weighted by atomic mass is 9.99. The summed E-state index contributed by atoms with van der Waals surface area (Å²) < 4.78 is 10.8. The minimum Gasteiger partial charge on any atom is -0.497 e. The number of hydrogen-bond donors (Lipinski definition) is 0. The molecule has 1 aliphatic heterocycles. The number of methoxy groups -OCH3 is 2. The van der Waals surface area contributed by atoms with Crippen LogP contribution >= 0.6 is 0 Å². The first-order chi connectivity index (χ1) is 11.1. The number of hydrogen-bond acceptors (Lipinski definition) is 4. The minimum atomic E-state index is -1.12. The van der Waals surface area contributed by atoms with Gasteiger partial charge in [0.15, 0.2) is 5.72 Å². The average Bonchev–Trinajstić information content (AvgIpc) is 2.87. The Morgan fingerprint density at radius 3 is 2.17 bits per heavy atom. The molecule has 5 heteroatoms. The average molecular weight is 311 g/mol. The number of nitrogens with zero attached hydrogens (tertiary/aromatic N) is 1. The predicted molar refractivity (Wildman–Crippen MR) is 85.2 cm³/mol. The van der Waals surface area contributed by atoms with Crippen LogP contribution in [0.1, 0.15) is 12.0 Å². The van der Waals surface area contributed by atoms with Crippen molar-refractivity contribution in [2.45, 2.75) is 12.1 Å². The number of rotatable bonds is 4. The SMILES string of the molecule is COc1ccc(N2C(=O)C(=O)C[C@]2(OC)c2ccccc2)cc1. The van der Waals surface area contributed by atoms with Crippen LogP contribution in [-0.2, 0) is 20.1 Å². The summed E-state index contributed by atoms with van der Waals surface area (Å²) in [7, 11) is 3.08. The monoisotopic (exact) mass is 311 g/mol. The van der Waals surface area contributed by atoms with Crippen LogP contribution in [0.3, 0.4) is 0 Å². The Kier molecular flexibility index (Phi) is 3.88. The maximum Gasteiger partial charge on any atom is 0.297 e. The highest BCUT2D eigenvalue weighted by Gasteiger charge is 2.53. The van der Waals surface area contributed by atoms with Gasteiger partial charge in [-0.15, -0.1) is 0 Å². The first kappa shape index (κ1) is 15.2. The van der Waals surface area contributed by atoms with Crippen LogP contribution < -0.4 is 9.64 Å². The fourth-order valence-electron chi connectivity index (χ4n) is 2.93. The van der Waals surface area contributed by atoms with E-state index in [1.165, 1.54) is 12.0 Å². The quantitative estimate of drug-likeness (QED) is 0.814. The summed E-state index contributed by atoms with van der Waals surface area (Å²) in [5.74, 6) is -0.359. The number of ether oxygens (including phenoxy) is 2. The van der Waals surface area contributed by atoms with E-state index in [0.29, 0.717) is 11.4 Å². The van der Waals surface area contributed by atoms with Crippen molar-refractivity contribution in [3.8, 4) is 5.75 Å². The van der Waals surface area contributed by atoms with E-state index in [-0.39, 0.29) is 6.42 Å². The standard InChI is InChI=1S/C18H17NO4/c1-22-15-10-8-14(9-11-15)19-17(21)16(20)12-18(19,23-2)13-6-4-3-5-7-13/h3-11H,12H2,1-2H3/t18-/m0/s1. The number of ketones is 1. The largest absolute Gasteiger partial charge is 0.497 e. The predicted octanol–water partition coefficient (Wildman–Crippen LogP) is 2.50. The van der Waals surface area contributed by atoms with E-state index in [4.69, 9.17) is 9.47 Å². The van der Waals surface area contributed by atoms with Gasteiger partial charge in [0.25, 0.3) is 5.91 Å². The molecule has 5 nitrogen and oxygen atoms in total. The molecule has 0 unspecified atom stereocenters. The van der Waals surface area contributed by atoms with Crippen LogP contribution in [-0.4, -0.2) is 25.9 Å². The van der Waals surface area contributed by atoms with Gasteiger partial charge in [0.05, 0.1) is 13.5 Å². The molecule has 23 heavy (non-hydrogen) atoms. The Balaban J connectivity index is 2.13. The molecule has 0 N–H and O–H groups in total. The molecule has 1 fully saturated rings. The van der Waals surface area contributed by atoms with Crippen molar-refractivity contribution in [2.75, 3.05) is 19.1 Å². The van der Waals surface area contributed by atoms with Crippen molar-refractivity contribution in [1.82, 2.24) is 0 Å². The molecule has 0 spiro atoms. The number of Topliss-reactive ketones (excluding diaryl/α,β-unsaturated/α-hetero) is 1. The molecule has 2 aromatic rings. The van der Waals surface area contributed by atoms with Gasteiger partial charge in [-0.05, 0) is 24.3 Å². The van der Waals surface area contributed by atoms with Crippen molar-refractivity contribution < 1.29 is 19.1 Å². The smallest absolute Gasteiger partial charge is 0.297 e. The Morgan fingerprint density at radius 2 is 1.61 bits per heavy atom. The lowest BCUT2D eigenvalue weighted by Crippen LogP contribution is -2.45. The van der Waals surface area contributed by atoms with Gasteiger partial charge in [-0.1, -0.05) is 30.3 Å². The molecular formula is C18H17NO4. The number of carbonyl (C=O) groups is 2. The van der Waals surface area contributed by atoms with E-state index in [0.717, 1.165) is 5.56 Å². The van der Waals surface area contributed by atoms with E-state index in [2.05, 4.69) is 0 Å². The van der Waals surface area contributed by atoms with Crippen LogP contribution in [0.25, 0.3) is 0 Å². The van der Waals surface area contributed by atoms with Crippen molar-refractivity contribution in [2.24, 2.45) is 0 Å². The van der Waals surface area contributed by atoms with E-state index in [1.807, 2.05) is 30.3 Å². The molecule has 1 atom stereocenters. The summed E-state index contributed by atoms with van der Waals surface area (Å²) in [5, 5.41) is 0. The summed E-state index contributed by atoms with van der Waals surface area (Å²) in [6, 6.07) is 16.3. The number of anilines is 1. The third kappa shape index (κ3) is 2.39. The van der Waals surface area contributed by atoms with Crippen LogP contribution in [0, 0.1) is 0 Å². The van der Waals surface area contributed by atoms with Gasteiger partial charge < -0.3 is 9.47 Å². The molecule has 0 bridgehead atoms. The zero-order valence-corrected chi connectivity index (χ0v) is 13.0. The molecule has 0 aliphatic carbocycles. The first-order valence-electron chi connectivity index (χ1n) is 7.24. The maximum absolute atomic E-state index is 12.5. The van der Waals surface area contributed by atoms with E-state index < -0.39 is 17.4 Å². The van der Waals surface area contributed by atoms with Crippen LogP contribution in [0.15, 0.2) is 54.6 Å². The fraction of sp³-hybridized carbons (Fsp3) is 0.222. The van der Waals surface area contributed by atoms with Crippen molar-refractivity contribution in [3.05, 3.63) is 60.2 Å². The highest BCUT2D eigenvalue weighted by Crippen LogP contribution is 2.42. The van der Waals surface area contributed by atoms with Gasteiger partial charge in [0, 0.05) is 18.4 Å². The second-order valence-electron chi connectivity index (χ2n) is 5.29. The highest BCUT2D eigenvalue weighted by atomic mass is 16.5. The van der Waals surface area contributed by atoms with Crippen LogP contribution in [0.2, 0.25) is 0 Å². The topological polar surface area (TPSA) is 55.8 Å². The highest BCUT2D eigenvalue weighted by molar-refractivity contribution is 6.44. The van der Waals surface area contributed by atoms with Crippen molar-refractivity contribution >= 4 is 17.4 Å². The fourth-order valence-corrected chi connectivity index (χ4v) is 2.93.